The molecule has 39 heavy (non-hydrogen) atoms. The van der Waals surface area contributed by atoms with Crippen molar-refractivity contribution in [2.24, 2.45) is 0 Å². The Labute approximate surface area is 236 Å². The Balaban J connectivity index is 2.06. The highest BCUT2D eigenvalue weighted by molar-refractivity contribution is 7.92. The molecular weight excluding hydrogens is 534 g/mol. The van der Waals surface area contributed by atoms with Crippen molar-refractivity contribution in [2.75, 3.05) is 10.8 Å². The predicted octanol–water partition coefficient (Wildman–Crippen LogP) is 5.48. The van der Waals surface area contributed by atoms with Crippen molar-refractivity contribution in [2.45, 2.75) is 64.6 Å². The van der Waals surface area contributed by atoms with Gasteiger partial charge in [-0.2, -0.15) is 0 Å². The Morgan fingerprint density at radius 1 is 0.949 bits per heavy atom. The van der Waals surface area contributed by atoms with E-state index in [1.54, 1.807) is 50.2 Å². The SMILES string of the molecule is CC[C@@H](C)NC(=O)[C@H](C)N(Cc1cccc(C)c1)C(=O)CN(c1cccc(Cl)c1C)S(=O)(=O)c1ccccc1. The second-order valence-electron chi connectivity index (χ2n) is 9.71. The van der Waals surface area contributed by atoms with Gasteiger partial charge in [-0.3, -0.25) is 13.9 Å². The van der Waals surface area contributed by atoms with Crippen LogP contribution < -0.4 is 9.62 Å². The summed E-state index contributed by atoms with van der Waals surface area (Å²) in [5.41, 5.74) is 2.67. The topological polar surface area (TPSA) is 86.8 Å². The molecule has 3 aromatic carbocycles. The maximum absolute atomic E-state index is 14.0. The van der Waals surface area contributed by atoms with Gasteiger partial charge in [-0.1, -0.05) is 72.6 Å². The Kier molecular flexibility index (Phi) is 10.2. The number of aryl methyl sites for hydroxylation is 1. The minimum Gasteiger partial charge on any atom is -0.352 e. The summed E-state index contributed by atoms with van der Waals surface area (Å²) in [6.07, 6.45) is 0.738. The van der Waals surface area contributed by atoms with Gasteiger partial charge in [0.05, 0.1) is 10.6 Å². The van der Waals surface area contributed by atoms with Crippen LogP contribution in [0.2, 0.25) is 5.02 Å². The van der Waals surface area contributed by atoms with Gasteiger partial charge in [-0.05, 0) is 69.5 Å². The molecular formula is C30H36ClN3O4S. The van der Waals surface area contributed by atoms with E-state index in [-0.39, 0.29) is 23.4 Å². The zero-order chi connectivity index (χ0) is 28.7. The molecule has 3 rings (SSSR count). The molecule has 0 aliphatic rings. The Bertz CT molecular complexity index is 1410. The van der Waals surface area contributed by atoms with Gasteiger partial charge < -0.3 is 10.2 Å². The summed E-state index contributed by atoms with van der Waals surface area (Å²) in [5.74, 6) is -0.816. The quantitative estimate of drug-likeness (QED) is 0.331. The molecule has 2 amide bonds. The molecule has 3 aromatic rings. The van der Waals surface area contributed by atoms with Crippen LogP contribution in [-0.2, 0) is 26.2 Å². The van der Waals surface area contributed by atoms with Crippen LogP contribution in [-0.4, -0.2) is 43.8 Å². The molecule has 0 saturated heterocycles. The van der Waals surface area contributed by atoms with Crippen LogP contribution in [0.25, 0.3) is 0 Å². The Morgan fingerprint density at radius 3 is 2.26 bits per heavy atom. The first-order chi connectivity index (χ1) is 18.4. The lowest BCUT2D eigenvalue weighted by Crippen LogP contribution is -2.52. The van der Waals surface area contributed by atoms with E-state index in [1.165, 1.54) is 17.0 Å². The van der Waals surface area contributed by atoms with Crippen LogP contribution >= 0.6 is 11.6 Å². The second kappa shape index (κ2) is 13.1. The van der Waals surface area contributed by atoms with Crippen molar-refractivity contribution in [1.29, 1.82) is 0 Å². The van der Waals surface area contributed by atoms with Gasteiger partial charge in [0.25, 0.3) is 10.0 Å². The molecule has 0 aliphatic heterocycles. The second-order valence-corrected chi connectivity index (χ2v) is 12.0. The molecule has 0 fully saturated rings. The number of halogens is 1. The average Bonchev–Trinajstić information content (AvgIpc) is 2.92. The monoisotopic (exact) mass is 569 g/mol. The maximum atomic E-state index is 14.0. The molecule has 0 aliphatic carbocycles. The first-order valence-corrected chi connectivity index (χ1v) is 14.8. The van der Waals surface area contributed by atoms with Crippen LogP contribution in [0.1, 0.15) is 43.9 Å². The van der Waals surface area contributed by atoms with E-state index in [0.29, 0.717) is 16.3 Å². The fraction of sp³-hybridized carbons (Fsp3) is 0.333. The highest BCUT2D eigenvalue weighted by Gasteiger charge is 2.33. The third-order valence-corrected chi connectivity index (χ3v) is 8.91. The van der Waals surface area contributed by atoms with E-state index >= 15 is 0 Å². The number of carbonyl (C=O) groups excluding carboxylic acids is 2. The average molecular weight is 570 g/mol. The number of sulfonamides is 1. The Hall–Kier alpha value is -3.36. The van der Waals surface area contributed by atoms with Gasteiger partial charge in [0.2, 0.25) is 11.8 Å². The molecule has 208 valence electrons. The van der Waals surface area contributed by atoms with Gasteiger partial charge in [0.15, 0.2) is 0 Å². The highest BCUT2D eigenvalue weighted by Crippen LogP contribution is 2.31. The minimum absolute atomic E-state index is 0.0463. The molecule has 1 N–H and O–H groups in total. The van der Waals surface area contributed by atoms with Crippen molar-refractivity contribution >= 4 is 39.1 Å². The first kappa shape index (κ1) is 30.2. The predicted molar refractivity (Wildman–Crippen MR) is 156 cm³/mol. The molecule has 0 bridgehead atoms. The fourth-order valence-corrected chi connectivity index (χ4v) is 5.82. The molecule has 0 heterocycles. The highest BCUT2D eigenvalue weighted by atomic mass is 35.5. The van der Waals surface area contributed by atoms with Gasteiger partial charge in [-0.15, -0.1) is 0 Å². The molecule has 0 spiro atoms. The van der Waals surface area contributed by atoms with Crippen LogP contribution in [0.3, 0.4) is 0 Å². The van der Waals surface area contributed by atoms with Crippen molar-refractivity contribution < 1.29 is 18.0 Å². The zero-order valence-electron chi connectivity index (χ0n) is 23.0. The van der Waals surface area contributed by atoms with Crippen LogP contribution in [0.5, 0.6) is 0 Å². The summed E-state index contributed by atoms with van der Waals surface area (Å²) in [4.78, 5) is 28.6. The molecule has 0 radical (unpaired) electrons. The van der Waals surface area contributed by atoms with Crippen molar-refractivity contribution in [3.8, 4) is 0 Å². The summed E-state index contributed by atoms with van der Waals surface area (Å²) in [5, 5.41) is 3.32. The summed E-state index contributed by atoms with van der Waals surface area (Å²) in [6, 6.07) is 19.6. The normalized spacial score (nSPS) is 12.9. The Morgan fingerprint density at radius 2 is 1.62 bits per heavy atom. The number of anilines is 1. The minimum atomic E-state index is -4.14. The number of benzene rings is 3. The van der Waals surface area contributed by atoms with E-state index in [1.807, 2.05) is 45.0 Å². The molecule has 7 nitrogen and oxygen atoms in total. The first-order valence-electron chi connectivity index (χ1n) is 12.9. The lowest BCUT2D eigenvalue weighted by molar-refractivity contribution is -0.139. The summed E-state index contributed by atoms with van der Waals surface area (Å²) in [7, 11) is -4.14. The number of nitrogens with zero attached hydrogens (tertiary/aromatic N) is 2. The number of amides is 2. The van der Waals surface area contributed by atoms with Crippen LogP contribution in [0, 0.1) is 13.8 Å². The lowest BCUT2D eigenvalue weighted by atomic mass is 10.1. The van der Waals surface area contributed by atoms with Crippen LogP contribution in [0.4, 0.5) is 5.69 Å². The van der Waals surface area contributed by atoms with Crippen molar-refractivity contribution in [1.82, 2.24) is 10.2 Å². The smallest absolute Gasteiger partial charge is 0.264 e. The largest absolute Gasteiger partial charge is 0.352 e. The van der Waals surface area contributed by atoms with E-state index in [0.717, 1.165) is 21.9 Å². The molecule has 0 aromatic heterocycles. The van der Waals surface area contributed by atoms with Crippen LogP contribution in [0.15, 0.2) is 77.7 Å². The lowest BCUT2D eigenvalue weighted by Gasteiger charge is -2.33. The van der Waals surface area contributed by atoms with Gasteiger partial charge in [0.1, 0.15) is 12.6 Å². The maximum Gasteiger partial charge on any atom is 0.264 e. The molecule has 0 unspecified atom stereocenters. The van der Waals surface area contributed by atoms with Gasteiger partial charge in [0, 0.05) is 17.6 Å². The van der Waals surface area contributed by atoms with E-state index < -0.39 is 28.5 Å². The molecule has 2 atom stereocenters. The van der Waals surface area contributed by atoms with E-state index in [9.17, 15) is 18.0 Å². The summed E-state index contributed by atoms with van der Waals surface area (Å²) >= 11 is 6.36. The number of carbonyl (C=O) groups is 2. The number of hydrogen-bond donors (Lipinski definition) is 1. The van der Waals surface area contributed by atoms with Crippen molar-refractivity contribution in [3.05, 3.63) is 94.5 Å². The molecule has 0 saturated carbocycles. The fourth-order valence-electron chi connectivity index (χ4n) is 4.15. The van der Waals surface area contributed by atoms with E-state index in [2.05, 4.69) is 5.32 Å². The number of nitrogens with one attached hydrogen (secondary N) is 1. The standard InChI is InChI=1S/C30H36ClN3O4S/c1-6-22(3)32-30(36)24(5)33(19-25-13-10-12-21(2)18-25)29(35)20-34(28-17-11-16-27(31)23(28)4)39(37,38)26-14-8-7-9-15-26/h7-18,22,24H,6,19-20H2,1-5H3,(H,32,36)/t22-,24+/m1/s1. The van der Waals surface area contributed by atoms with Gasteiger partial charge >= 0.3 is 0 Å². The molecule has 9 heteroatoms. The number of hydrogen-bond acceptors (Lipinski definition) is 4. The van der Waals surface area contributed by atoms with Crippen molar-refractivity contribution in [3.63, 3.8) is 0 Å². The summed E-state index contributed by atoms with van der Waals surface area (Å²) < 4.78 is 28.8. The van der Waals surface area contributed by atoms with E-state index in [4.69, 9.17) is 11.6 Å². The third kappa shape index (κ3) is 7.40. The zero-order valence-corrected chi connectivity index (χ0v) is 24.6. The third-order valence-electron chi connectivity index (χ3n) is 6.72. The summed E-state index contributed by atoms with van der Waals surface area (Å²) in [6.45, 7) is 8.81. The van der Waals surface area contributed by atoms with Gasteiger partial charge in [-0.25, -0.2) is 8.42 Å². The number of rotatable bonds is 11.